The molecule has 0 saturated carbocycles. The van der Waals surface area contributed by atoms with Gasteiger partial charge < -0.3 is 4.74 Å². The van der Waals surface area contributed by atoms with E-state index in [4.69, 9.17) is 0 Å². The van der Waals surface area contributed by atoms with Crippen LogP contribution >= 0.6 is 0 Å². The summed E-state index contributed by atoms with van der Waals surface area (Å²) >= 11 is 0. The summed E-state index contributed by atoms with van der Waals surface area (Å²) in [5.74, 6) is -0.726. The Kier molecular flexibility index (Phi) is 6.24. The summed E-state index contributed by atoms with van der Waals surface area (Å²) in [5.41, 5.74) is 2.03. The van der Waals surface area contributed by atoms with Gasteiger partial charge in [-0.15, -0.1) is 0 Å². The van der Waals surface area contributed by atoms with E-state index in [0.717, 1.165) is 18.2 Å². The Morgan fingerprint density at radius 2 is 1.48 bits per heavy atom. The van der Waals surface area contributed by atoms with E-state index in [1.165, 1.54) is 30.3 Å². The van der Waals surface area contributed by atoms with Crippen molar-refractivity contribution in [2.24, 2.45) is 0 Å². The van der Waals surface area contributed by atoms with Crippen LogP contribution in [0.2, 0.25) is 0 Å². The Morgan fingerprint density at radius 3 is 2.04 bits per heavy atom. The lowest BCUT2D eigenvalue weighted by molar-refractivity contribution is -0.139. The van der Waals surface area contributed by atoms with E-state index in [9.17, 15) is 21.6 Å². The molecular formula is C17H20N2O6S2. The second kappa shape index (κ2) is 8.07. The zero-order chi connectivity index (χ0) is 20.2. The molecule has 0 aliphatic heterocycles. The van der Waals surface area contributed by atoms with Crippen LogP contribution in [0.4, 0.5) is 5.69 Å². The predicted molar refractivity (Wildman–Crippen MR) is 100 cm³/mol. The molecule has 0 bridgehead atoms. The molecule has 0 saturated heterocycles. The first-order chi connectivity index (χ1) is 12.5. The molecule has 0 aliphatic carbocycles. The molecule has 0 heterocycles. The number of nitrogens with one attached hydrogen (secondary N) is 2. The fraction of sp³-hybridized carbons (Fsp3) is 0.235. The average molecular weight is 412 g/mol. The van der Waals surface area contributed by atoms with Gasteiger partial charge in [0.15, 0.2) is 0 Å². The molecule has 0 fully saturated rings. The third-order valence-corrected chi connectivity index (χ3v) is 6.64. The standard InChI is InChI=1S/C17H20N2O6S2/c1-12-4-7-16(10-13(12)2)27(23,24)19-14-5-8-15(9-6-14)26(21,22)18-11-17(20)25-3/h4-10,18-19H,11H2,1-3H3. The topological polar surface area (TPSA) is 119 Å². The molecule has 2 aromatic rings. The highest BCUT2D eigenvalue weighted by Crippen LogP contribution is 2.20. The SMILES string of the molecule is COC(=O)CNS(=O)(=O)c1ccc(NS(=O)(=O)c2ccc(C)c(C)c2)cc1. The molecule has 0 aliphatic rings. The number of hydrogen-bond acceptors (Lipinski definition) is 6. The van der Waals surface area contributed by atoms with Crippen molar-refractivity contribution in [1.29, 1.82) is 0 Å². The first-order valence-corrected chi connectivity index (χ1v) is 10.8. The number of sulfonamides is 2. The van der Waals surface area contributed by atoms with Crippen molar-refractivity contribution in [2.75, 3.05) is 18.4 Å². The first kappa shape index (κ1) is 20.9. The lowest BCUT2D eigenvalue weighted by Gasteiger charge is -2.11. The van der Waals surface area contributed by atoms with Crippen molar-refractivity contribution in [3.05, 3.63) is 53.6 Å². The second-order valence-corrected chi connectivity index (χ2v) is 9.23. The van der Waals surface area contributed by atoms with Gasteiger partial charge in [0.05, 0.1) is 16.9 Å². The van der Waals surface area contributed by atoms with Crippen molar-refractivity contribution in [1.82, 2.24) is 4.72 Å². The highest BCUT2D eigenvalue weighted by atomic mass is 32.2. The minimum Gasteiger partial charge on any atom is -0.468 e. The van der Waals surface area contributed by atoms with Gasteiger partial charge in [0.25, 0.3) is 10.0 Å². The minimum absolute atomic E-state index is 0.111. The lowest BCUT2D eigenvalue weighted by atomic mass is 10.1. The number of ether oxygens (including phenoxy) is 1. The van der Waals surface area contributed by atoms with Crippen molar-refractivity contribution >= 4 is 31.7 Å². The number of carbonyl (C=O) groups is 1. The molecule has 8 nitrogen and oxygen atoms in total. The van der Waals surface area contributed by atoms with E-state index in [1.807, 2.05) is 13.8 Å². The number of rotatable bonds is 7. The zero-order valence-corrected chi connectivity index (χ0v) is 16.6. The number of hydrogen-bond donors (Lipinski definition) is 2. The van der Waals surface area contributed by atoms with Crippen LogP contribution in [-0.2, 0) is 29.6 Å². The van der Waals surface area contributed by atoms with E-state index in [1.54, 1.807) is 12.1 Å². The molecule has 27 heavy (non-hydrogen) atoms. The monoisotopic (exact) mass is 412 g/mol. The normalized spacial score (nSPS) is 11.8. The minimum atomic E-state index is -3.92. The summed E-state index contributed by atoms with van der Waals surface area (Å²) in [4.78, 5) is 11.1. The van der Waals surface area contributed by atoms with Gasteiger partial charge in [-0.2, -0.15) is 4.72 Å². The second-order valence-electron chi connectivity index (χ2n) is 5.78. The molecule has 0 radical (unpaired) electrons. The highest BCUT2D eigenvalue weighted by molar-refractivity contribution is 7.92. The smallest absolute Gasteiger partial charge is 0.320 e. The fourth-order valence-corrected chi connectivity index (χ4v) is 4.22. The van der Waals surface area contributed by atoms with Gasteiger partial charge in [-0.3, -0.25) is 9.52 Å². The number of carbonyl (C=O) groups excluding carboxylic acids is 1. The summed E-state index contributed by atoms with van der Waals surface area (Å²) in [6.45, 7) is 3.20. The van der Waals surface area contributed by atoms with Crippen LogP contribution in [0.5, 0.6) is 0 Å². The first-order valence-electron chi connectivity index (χ1n) is 7.82. The van der Waals surface area contributed by atoms with Gasteiger partial charge in [0.2, 0.25) is 10.0 Å². The fourth-order valence-electron chi connectivity index (χ4n) is 2.11. The number of esters is 1. The number of methoxy groups -OCH3 is 1. The summed E-state index contributed by atoms with van der Waals surface area (Å²) in [7, 11) is -6.57. The Balaban J connectivity index is 2.17. The van der Waals surface area contributed by atoms with Gasteiger partial charge in [0.1, 0.15) is 6.54 Å². The van der Waals surface area contributed by atoms with Gasteiger partial charge >= 0.3 is 5.97 Å². The molecule has 0 atom stereocenters. The van der Waals surface area contributed by atoms with Crippen molar-refractivity contribution in [3.8, 4) is 0 Å². The Bertz CT molecular complexity index is 1050. The maximum Gasteiger partial charge on any atom is 0.320 e. The molecule has 2 aromatic carbocycles. The van der Waals surface area contributed by atoms with Gasteiger partial charge in [-0.25, -0.2) is 16.8 Å². The largest absolute Gasteiger partial charge is 0.468 e. The lowest BCUT2D eigenvalue weighted by Crippen LogP contribution is -2.30. The number of aryl methyl sites for hydroxylation is 2. The van der Waals surface area contributed by atoms with E-state index in [-0.39, 0.29) is 15.5 Å². The summed E-state index contributed by atoms with van der Waals surface area (Å²) in [6, 6.07) is 9.90. The van der Waals surface area contributed by atoms with Crippen molar-refractivity contribution in [2.45, 2.75) is 23.6 Å². The van der Waals surface area contributed by atoms with Gasteiger partial charge in [-0.1, -0.05) is 6.07 Å². The third kappa shape index (κ3) is 5.28. The van der Waals surface area contributed by atoms with Crippen molar-refractivity contribution in [3.63, 3.8) is 0 Å². The van der Waals surface area contributed by atoms with Crippen molar-refractivity contribution < 1.29 is 26.4 Å². The zero-order valence-electron chi connectivity index (χ0n) is 15.0. The number of anilines is 1. The van der Waals surface area contributed by atoms with Gasteiger partial charge in [0, 0.05) is 5.69 Å². The summed E-state index contributed by atoms with van der Waals surface area (Å²) < 4.78 is 58.0. The molecule has 0 amide bonds. The maximum absolute atomic E-state index is 12.5. The summed E-state index contributed by atoms with van der Waals surface area (Å²) in [5, 5.41) is 0. The molecule has 0 spiro atoms. The molecule has 10 heteroatoms. The Labute approximate surface area is 158 Å². The van der Waals surface area contributed by atoms with Crippen LogP contribution in [0.15, 0.2) is 52.3 Å². The van der Waals surface area contributed by atoms with Crippen LogP contribution in [0.25, 0.3) is 0 Å². The third-order valence-electron chi connectivity index (χ3n) is 3.84. The Morgan fingerprint density at radius 1 is 0.889 bits per heavy atom. The van der Waals surface area contributed by atoms with Gasteiger partial charge in [-0.05, 0) is 61.4 Å². The van der Waals surface area contributed by atoms with Crippen LogP contribution in [0.1, 0.15) is 11.1 Å². The van der Waals surface area contributed by atoms with Crippen LogP contribution in [0.3, 0.4) is 0 Å². The predicted octanol–water partition coefficient (Wildman–Crippen LogP) is 1.56. The highest BCUT2D eigenvalue weighted by Gasteiger charge is 2.18. The van der Waals surface area contributed by atoms with E-state index < -0.39 is 32.6 Å². The molecule has 2 rings (SSSR count). The van der Waals surface area contributed by atoms with E-state index in [2.05, 4.69) is 14.2 Å². The molecule has 2 N–H and O–H groups in total. The molecule has 0 unspecified atom stereocenters. The molecular weight excluding hydrogens is 392 g/mol. The van der Waals surface area contributed by atoms with Crippen LogP contribution in [0, 0.1) is 13.8 Å². The van der Waals surface area contributed by atoms with E-state index in [0.29, 0.717) is 0 Å². The van der Waals surface area contributed by atoms with Crippen LogP contribution < -0.4 is 9.44 Å². The summed E-state index contributed by atoms with van der Waals surface area (Å²) in [6.07, 6.45) is 0. The van der Waals surface area contributed by atoms with Crippen LogP contribution in [-0.4, -0.2) is 36.5 Å². The number of benzene rings is 2. The Hall–Kier alpha value is -2.43. The maximum atomic E-state index is 12.5. The quantitative estimate of drug-likeness (QED) is 0.666. The molecule has 0 aromatic heterocycles. The average Bonchev–Trinajstić information content (AvgIpc) is 2.62. The van der Waals surface area contributed by atoms with E-state index >= 15 is 0 Å². The molecule has 146 valence electrons.